The van der Waals surface area contributed by atoms with Gasteiger partial charge in [0.05, 0.1) is 0 Å². The Morgan fingerprint density at radius 3 is 3.07 bits per heavy atom. The van der Waals surface area contributed by atoms with Gasteiger partial charge in [0.25, 0.3) is 5.56 Å². The molecule has 1 aliphatic rings. The van der Waals surface area contributed by atoms with E-state index in [1.165, 1.54) is 12.8 Å². The second kappa shape index (κ2) is 4.45. The SMILES string of the molecule is Cc1ncc(Br)c(=O)n1CCNC1CC1. The molecule has 1 fully saturated rings. The summed E-state index contributed by atoms with van der Waals surface area (Å²) in [4.78, 5) is 15.9. The van der Waals surface area contributed by atoms with Gasteiger partial charge in [0.1, 0.15) is 10.3 Å². The number of hydrogen-bond donors (Lipinski definition) is 1. The average Bonchev–Trinajstić information content (AvgIpc) is 3.01. The summed E-state index contributed by atoms with van der Waals surface area (Å²) >= 11 is 3.20. The van der Waals surface area contributed by atoms with E-state index in [0.717, 1.165) is 12.4 Å². The number of nitrogens with zero attached hydrogens (tertiary/aromatic N) is 2. The van der Waals surface area contributed by atoms with E-state index in [0.29, 0.717) is 17.1 Å². The fourth-order valence-corrected chi connectivity index (χ4v) is 1.80. The Morgan fingerprint density at radius 2 is 2.40 bits per heavy atom. The predicted octanol–water partition coefficient (Wildman–Crippen LogP) is 1.07. The standard InChI is InChI=1S/C10H14BrN3O/c1-7-13-6-9(11)10(15)14(7)5-4-12-8-2-3-8/h6,8,12H,2-5H2,1H3. The lowest BCUT2D eigenvalue weighted by Gasteiger charge is -2.09. The highest BCUT2D eigenvalue weighted by molar-refractivity contribution is 9.10. The summed E-state index contributed by atoms with van der Waals surface area (Å²) in [5.74, 6) is 0.765. The molecule has 0 amide bonds. The predicted molar refractivity (Wildman–Crippen MR) is 62.0 cm³/mol. The largest absolute Gasteiger partial charge is 0.312 e. The van der Waals surface area contributed by atoms with Gasteiger partial charge in [0.15, 0.2) is 0 Å². The fraction of sp³-hybridized carbons (Fsp3) is 0.600. The highest BCUT2D eigenvalue weighted by Gasteiger charge is 2.19. The summed E-state index contributed by atoms with van der Waals surface area (Å²) in [5, 5.41) is 3.38. The zero-order chi connectivity index (χ0) is 10.8. The van der Waals surface area contributed by atoms with E-state index in [4.69, 9.17) is 0 Å². The van der Waals surface area contributed by atoms with Crippen molar-refractivity contribution >= 4 is 15.9 Å². The normalized spacial score (nSPS) is 15.6. The Kier molecular flexibility index (Phi) is 3.21. The molecule has 1 aromatic rings. The van der Waals surface area contributed by atoms with Gasteiger partial charge in [-0.3, -0.25) is 9.36 Å². The second-order valence-electron chi connectivity index (χ2n) is 3.84. The summed E-state index contributed by atoms with van der Waals surface area (Å²) in [5.41, 5.74) is 0.0000898. The Bertz CT molecular complexity index is 412. The van der Waals surface area contributed by atoms with Crippen LogP contribution in [0.3, 0.4) is 0 Å². The molecule has 2 rings (SSSR count). The molecule has 4 nitrogen and oxygen atoms in total. The number of aryl methyl sites for hydroxylation is 1. The molecule has 0 spiro atoms. The van der Waals surface area contributed by atoms with E-state index >= 15 is 0 Å². The molecule has 0 saturated heterocycles. The van der Waals surface area contributed by atoms with Gasteiger partial charge in [-0.25, -0.2) is 4.98 Å². The van der Waals surface area contributed by atoms with E-state index in [9.17, 15) is 4.79 Å². The second-order valence-corrected chi connectivity index (χ2v) is 4.69. The molecule has 0 aliphatic heterocycles. The van der Waals surface area contributed by atoms with E-state index in [-0.39, 0.29) is 5.56 Å². The van der Waals surface area contributed by atoms with Crippen LogP contribution in [0, 0.1) is 6.92 Å². The van der Waals surface area contributed by atoms with E-state index in [1.807, 2.05) is 6.92 Å². The zero-order valence-corrected chi connectivity index (χ0v) is 10.2. The molecule has 82 valence electrons. The maximum atomic E-state index is 11.7. The maximum Gasteiger partial charge on any atom is 0.267 e. The van der Waals surface area contributed by atoms with Gasteiger partial charge < -0.3 is 5.32 Å². The fourth-order valence-electron chi connectivity index (χ4n) is 1.48. The molecule has 0 radical (unpaired) electrons. The lowest BCUT2D eigenvalue weighted by Crippen LogP contribution is -2.30. The van der Waals surface area contributed by atoms with E-state index in [1.54, 1.807) is 10.8 Å². The lowest BCUT2D eigenvalue weighted by atomic mass is 10.5. The van der Waals surface area contributed by atoms with E-state index in [2.05, 4.69) is 26.2 Å². The van der Waals surface area contributed by atoms with Crippen molar-refractivity contribution < 1.29 is 0 Å². The minimum absolute atomic E-state index is 0.0000898. The third-order valence-corrected chi connectivity index (χ3v) is 3.09. The van der Waals surface area contributed by atoms with Gasteiger partial charge in [-0.15, -0.1) is 0 Å². The van der Waals surface area contributed by atoms with Crippen molar-refractivity contribution in [3.63, 3.8) is 0 Å². The zero-order valence-electron chi connectivity index (χ0n) is 8.66. The molecule has 0 atom stereocenters. The Morgan fingerprint density at radius 1 is 1.67 bits per heavy atom. The highest BCUT2D eigenvalue weighted by atomic mass is 79.9. The molecule has 1 aliphatic carbocycles. The molecule has 1 N–H and O–H groups in total. The minimum atomic E-state index is 0.0000898. The van der Waals surface area contributed by atoms with Crippen LogP contribution in [0.25, 0.3) is 0 Å². The van der Waals surface area contributed by atoms with Crippen LogP contribution in [-0.4, -0.2) is 22.1 Å². The first-order chi connectivity index (χ1) is 7.18. The molecular formula is C10H14BrN3O. The molecule has 1 heterocycles. The number of hydrogen-bond acceptors (Lipinski definition) is 3. The lowest BCUT2D eigenvalue weighted by molar-refractivity contribution is 0.562. The molecule has 5 heteroatoms. The van der Waals surface area contributed by atoms with E-state index < -0.39 is 0 Å². The molecule has 15 heavy (non-hydrogen) atoms. The van der Waals surface area contributed by atoms with Crippen LogP contribution in [0.4, 0.5) is 0 Å². The monoisotopic (exact) mass is 271 g/mol. The van der Waals surface area contributed by atoms with Crippen molar-refractivity contribution in [1.82, 2.24) is 14.9 Å². The molecule has 0 bridgehead atoms. The quantitative estimate of drug-likeness (QED) is 0.891. The molecule has 1 saturated carbocycles. The third kappa shape index (κ3) is 2.66. The van der Waals surface area contributed by atoms with Crippen LogP contribution in [0.1, 0.15) is 18.7 Å². The summed E-state index contributed by atoms with van der Waals surface area (Å²) < 4.78 is 2.22. The van der Waals surface area contributed by atoms with Crippen LogP contribution in [0.5, 0.6) is 0 Å². The molecule has 0 unspecified atom stereocenters. The summed E-state index contributed by atoms with van der Waals surface area (Å²) in [6.45, 7) is 3.38. The number of halogens is 1. The first kappa shape index (κ1) is 10.8. The average molecular weight is 272 g/mol. The highest BCUT2D eigenvalue weighted by Crippen LogP contribution is 2.18. The van der Waals surface area contributed by atoms with Crippen molar-refractivity contribution in [3.8, 4) is 0 Å². The smallest absolute Gasteiger partial charge is 0.267 e. The van der Waals surface area contributed by atoms with Crippen molar-refractivity contribution in [1.29, 1.82) is 0 Å². The summed E-state index contributed by atoms with van der Waals surface area (Å²) in [6, 6.07) is 0.682. The Labute approximate surface area is 96.8 Å². The van der Waals surface area contributed by atoms with Crippen molar-refractivity contribution in [2.45, 2.75) is 32.4 Å². The van der Waals surface area contributed by atoms with Crippen molar-refractivity contribution in [2.75, 3.05) is 6.54 Å². The van der Waals surface area contributed by atoms with Crippen molar-refractivity contribution in [2.24, 2.45) is 0 Å². The maximum absolute atomic E-state index is 11.7. The molecular weight excluding hydrogens is 258 g/mol. The number of aromatic nitrogens is 2. The number of rotatable bonds is 4. The third-order valence-electron chi connectivity index (χ3n) is 2.55. The minimum Gasteiger partial charge on any atom is -0.312 e. The van der Waals surface area contributed by atoms with Gasteiger partial charge in [0, 0.05) is 25.3 Å². The van der Waals surface area contributed by atoms with Crippen LogP contribution in [-0.2, 0) is 6.54 Å². The summed E-state index contributed by atoms with van der Waals surface area (Å²) in [7, 11) is 0. The van der Waals surface area contributed by atoms with Crippen LogP contribution in [0.2, 0.25) is 0 Å². The van der Waals surface area contributed by atoms with Gasteiger partial charge in [-0.05, 0) is 35.7 Å². The van der Waals surface area contributed by atoms with Crippen LogP contribution < -0.4 is 10.9 Å². The van der Waals surface area contributed by atoms with Crippen molar-refractivity contribution in [3.05, 3.63) is 26.8 Å². The van der Waals surface area contributed by atoms with Crippen LogP contribution >= 0.6 is 15.9 Å². The number of nitrogens with one attached hydrogen (secondary N) is 1. The Hall–Kier alpha value is -0.680. The first-order valence-electron chi connectivity index (χ1n) is 5.14. The molecule has 1 aromatic heterocycles. The van der Waals surface area contributed by atoms with Gasteiger partial charge in [0.2, 0.25) is 0 Å². The Balaban J connectivity index is 2.04. The van der Waals surface area contributed by atoms with Gasteiger partial charge in [-0.1, -0.05) is 0 Å². The van der Waals surface area contributed by atoms with Gasteiger partial charge in [-0.2, -0.15) is 0 Å². The molecule has 0 aromatic carbocycles. The first-order valence-corrected chi connectivity index (χ1v) is 5.93. The summed E-state index contributed by atoms with van der Waals surface area (Å²) in [6.07, 6.45) is 4.09. The van der Waals surface area contributed by atoms with Gasteiger partial charge >= 0.3 is 0 Å². The van der Waals surface area contributed by atoms with Crippen LogP contribution in [0.15, 0.2) is 15.5 Å². The topological polar surface area (TPSA) is 46.9 Å².